The van der Waals surface area contributed by atoms with E-state index in [1.54, 1.807) is 12.1 Å². The Balaban J connectivity index is 1.22. The summed E-state index contributed by atoms with van der Waals surface area (Å²) in [5.41, 5.74) is 1.87. The summed E-state index contributed by atoms with van der Waals surface area (Å²) < 4.78 is 6.34. The van der Waals surface area contributed by atoms with Crippen molar-refractivity contribution in [2.75, 3.05) is 31.5 Å². The summed E-state index contributed by atoms with van der Waals surface area (Å²) in [6.07, 6.45) is 3.00. The van der Waals surface area contributed by atoms with E-state index < -0.39 is 0 Å². The second-order valence-corrected chi connectivity index (χ2v) is 9.76. The third kappa shape index (κ3) is 8.17. The van der Waals surface area contributed by atoms with Crippen molar-refractivity contribution in [1.29, 1.82) is 0 Å². The van der Waals surface area contributed by atoms with Gasteiger partial charge in [-0.1, -0.05) is 59.6 Å². The first-order valence-corrected chi connectivity index (χ1v) is 12.8. The topological polar surface area (TPSA) is 53.6 Å². The van der Waals surface area contributed by atoms with Gasteiger partial charge >= 0.3 is 6.03 Å². The molecule has 2 amide bonds. The van der Waals surface area contributed by atoms with E-state index in [0.29, 0.717) is 28.2 Å². The number of anilines is 1. The van der Waals surface area contributed by atoms with Crippen molar-refractivity contribution >= 4 is 34.9 Å². The number of amides is 2. The van der Waals surface area contributed by atoms with Gasteiger partial charge in [-0.25, -0.2) is 4.79 Å². The summed E-state index contributed by atoms with van der Waals surface area (Å²) in [6, 6.07) is 24.9. The van der Waals surface area contributed by atoms with Gasteiger partial charge in [-0.15, -0.1) is 0 Å². The van der Waals surface area contributed by atoms with Crippen molar-refractivity contribution < 1.29 is 9.53 Å². The van der Waals surface area contributed by atoms with Crippen LogP contribution in [-0.4, -0.2) is 37.1 Å². The van der Waals surface area contributed by atoms with Crippen molar-refractivity contribution in [1.82, 2.24) is 10.2 Å². The summed E-state index contributed by atoms with van der Waals surface area (Å²) in [7, 11) is 0. The minimum Gasteiger partial charge on any atom is -0.486 e. The van der Waals surface area contributed by atoms with E-state index in [9.17, 15) is 4.79 Å². The summed E-state index contributed by atoms with van der Waals surface area (Å²) in [6.45, 7) is 3.67. The fraction of sp³-hybridized carbons (Fsp3) is 0.321. The van der Waals surface area contributed by atoms with Crippen molar-refractivity contribution in [3.63, 3.8) is 0 Å². The first-order chi connectivity index (χ1) is 17.0. The Morgan fingerprint density at radius 1 is 0.943 bits per heavy atom. The largest absolute Gasteiger partial charge is 0.486 e. The second-order valence-electron chi connectivity index (χ2n) is 8.89. The molecule has 3 aromatic rings. The van der Waals surface area contributed by atoms with Crippen LogP contribution in [-0.2, 0) is 0 Å². The predicted molar refractivity (Wildman–Crippen MR) is 144 cm³/mol. The van der Waals surface area contributed by atoms with Crippen molar-refractivity contribution in [2.24, 2.45) is 5.92 Å². The van der Waals surface area contributed by atoms with E-state index >= 15 is 0 Å². The Kier molecular flexibility index (Phi) is 9.29. The molecule has 4 rings (SSSR count). The number of rotatable bonds is 9. The molecule has 2 N–H and O–H groups in total. The highest BCUT2D eigenvalue weighted by atomic mass is 35.5. The Morgan fingerprint density at radius 2 is 1.69 bits per heavy atom. The van der Waals surface area contributed by atoms with E-state index in [2.05, 4.69) is 39.8 Å². The number of urea groups is 1. The van der Waals surface area contributed by atoms with Crippen LogP contribution in [0.25, 0.3) is 0 Å². The second kappa shape index (κ2) is 12.8. The van der Waals surface area contributed by atoms with Gasteiger partial charge in [0.1, 0.15) is 11.9 Å². The molecule has 0 bridgehead atoms. The van der Waals surface area contributed by atoms with Gasteiger partial charge in [-0.3, -0.25) is 0 Å². The summed E-state index contributed by atoms with van der Waals surface area (Å²) in [5, 5.41) is 7.14. The van der Waals surface area contributed by atoms with Gasteiger partial charge < -0.3 is 20.3 Å². The maximum atomic E-state index is 12.2. The minimum absolute atomic E-state index is 0.0213. The first-order valence-electron chi connectivity index (χ1n) is 12.0. The molecule has 0 saturated carbocycles. The molecule has 0 aromatic heterocycles. The lowest BCUT2D eigenvalue weighted by Crippen LogP contribution is -2.40. The number of hydrogen-bond acceptors (Lipinski definition) is 3. The summed E-state index contributed by atoms with van der Waals surface area (Å²) in [4.78, 5) is 14.7. The lowest BCUT2D eigenvalue weighted by Gasteiger charge is -2.33. The van der Waals surface area contributed by atoms with E-state index in [-0.39, 0.29) is 12.1 Å². The van der Waals surface area contributed by atoms with Crippen LogP contribution in [0, 0.1) is 5.92 Å². The average molecular weight is 512 g/mol. The average Bonchev–Trinajstić information content (AvgIpc) is 2.87. The summed E-state index contributed by atoms with van der Waals surface area (Å²) in [5.74, 6) is 1.30. The maximum Gasteiger partial charge on any atom is 0.319 e. The number of halogens is 2. The molecule has 0 spiro atoms. The van der Waals surface area contributed by atoms with Crippen LogP contribution in [0.5, 0.6) is 5.75 Å². The molecule has 184 valence electrons. The number of likely N-dealkylation sites (tertiary alicyclic amines) is 1. The molecule has 1 fully saturated rings. The zero-order valence-electron chi connectivity index (χ0n) is 19.6. The minimum atomic E-state index is -0.195. The maximum absolute atomic E-state index is 12.2. The molecule has 1 aliphatic heterocycles. The van der Waals surface area contributed by atoms with Gasteiger partial charge in [-0.2, -0.15) is 0 Å². The van der Waals surface area contributed by atoms with E-state index in [4.69, 9.17) is 27.9 Å². The molecule has 5 nitrogen and oxygen atoms in total. The van der Waals surface area contributed by atoms with Gasteiger partial charge in [0, 0.05) is 35.2 Å². The third-order valence-electron chi connectivity index (χ3n) is 6.31. The third-order valence-corrected chi connectivity index (χ3v) is 6.80. The van der Waals surface area contributed by atoms with Crippen LogP contribution >= 0.6 is 23.2 Å². The van der Waals surface area contributed by atoms with Gasteiger partial charge in [0.25, 0.3) is 0 Å². The quantitative estimate of drug-likeness (QED) is 0.324. The van der Waals surface area contributed by atoms with Crippen LogP contribution in [0.15, 0.2) is 78.9 Å². The Morgan fingerprint density at radius 3 is 2.40 bits per heavy atom. The van der Waals surface area contributed by atoms with Crippen LogP contribution in [0.1, 0.15) is 30.9 Å². The van der Waals surface area contributed by atoms with Gasteiger partial charge in [-0.05, 0) is 79.9 Å². The standard InChI is InChI=1S/C28H31Cl2N3O2/c29-23-9-11-26(12-10-23)35-27(22-5-2-1-3-6-22)15-18-33-16-13-21(14-17-33)20-31-28(34)32-25-8-4-7-24(30)19-25/h1-12,19,21,27H,13-18,20H2,(H2,31,32,34). The van der Waals surface area contributed by atoms with Gasteiger partial charge in [0.05, 0.1) is 0 Å². The van der Waals surface area contributed by atoms with Crippen LogP contribution in [0.4, 0.5) is 10.5 Å². The fourth-order valence-electron chi connectivity index (χ4n) is 4.33. The highest BCUT2D eigenvalue weighted by Crippen LogP contribution is 2.27. The molecule has 1 atom stereocenters. The number of benzene rings is 3. The highest BCUT2D eigenvalue weighted by Gasteiger charge is 2.22. The SMILES string of the molecule is O=C(NCC1CCN(CCC(Oc2ccc(Cl)cc2)c2ccccc2)CC1)Nc1cccc(Cl)c1. The van der Waals surface area contributed by atoms with Crippen LogP contribution in [0.2, 0.25) is 10.0 Å². The molecular weight excluding hydrogens is 481 g/mol. The molecule has 1 heterocycles. The molecular formula is C28H31Cl2N3O2. The Bertz CT molecular complexity index is 1070. The number of carbonyl (C=O) groups is 1. The van der Waals surface area contributed by atoms with Gasteiger partial charge in [0.2, 0.25) is 0 Å². The van der Waals surface area contributed by atoms with Crippen molar-refractivity contribution in [3.8, 4) is 5.75 Å². The highest BCUT2D eigenvalue weighted by molar-refractivity contribution is 6.31. The van der Waals surface area contributed by atoms with E-state index in [0.717, 1.165) is 44.6 Å². The molecule has 7 heteroatoms. The zero-order chi connectivity index (χ0) is 24.5. The molecule has 1 aliphatic rings. The van der Waals surface area contributed by atoms with Crippen molar-refractivity contribution in [2.45, 2.75) is 25.4 Å². The molecule has 0 aliphatic carbocycles. The number of ether oxygens (including phenoxy) is 1. The van der Waals surface area contributed by atoms with Gasteiger partial charge in [0.15, 0.2) is 0 Å². The lowest BCUT2D eigenvalue weighted by atomic mass is 9.96. The summed E-state index contributed by atoms with van der Waals surface area (Å²) >= 11 is 12.0. The Hall–Kier alpha value is -2.73. The number of piperidine rings is 1. The van der Waals surface area contributed by atoms with E-state index in [1.165, 1.54) is 5.56 Å². The first kappa shape index (κ1) is 25.4. The molecule has 1 unspecified atom stereocenters. The van der Waals surface area contributed by atoms with Crippen molar-refractivity contribution in [3.05, 3.63) is 94.5 Å². The number of nitrogens with zero attached hydrogens (tertiary/aromatic N) is 1. The molecule has 0 radical (unpaired) electrons. The van der Waals surface area contributed by atoms with Crippen LogP contribution in [0.3, 0.4) is 0 Å². The van der Waals surface area contributed by atoms with E-state index in [1.807, 2.05) is 42.5 Å². The lowest BCUT2D eigenvalue weighted by molar-refractivity contribution is 0.137. The monoisotopic (exact) mass is 511 g/mol. The number of hydrogen-bond donors (Lipinski definition) is 2. The van der Waals surface area contributed by atoms with Crippen LogP contribution < -0.4 is 15.4 Å². The number of nitrogens with one attached hydrogen (secondary N) is 2. The normalized spacial score (nSPS) is 15.4. The molecule has 35 heavy (non-hydrogen) atoms. The predicted octanol–water partition coefficient (Wildman–Crippen LogP) is 7.04. The molecule has 3 aromatic carbocycles. The smallest absolute Gasteiger partial charge is 0.319 e. The molecule has 1 saturated heterocycles. The number of carbonyl (C=O) groups excluding carboxylic acids is 1. The fourth-order valence-corrected chi connectivity index (χ4v) is 4.65. The zero-order valence-corrected chi connectivity index (χ0v) is 21.1. The Labute approximate surface area is 217 Å².